The fourth-order valence-electron chi connectivity index (χ4n) is 2.92. The van der Waals surface area contributed by atoms with Gasteiger partial charge in [0.05, 0.1) is 17.1 Å². The number of methoxy groups -OCH3 is 1. The van der Waals surface area contributed by atoms with Crippen molar-refractivity contribution >= 4 is 55.5 Å². The third kappa shape index (κ3) is 6.31. The summed E-state index contributed by atoms with van der Waals surface area (Å²) in [6.45, 7) is -0.0472. The van der Waals surface area contributed by atoms with Crippen molar-refractivity contribution in [3.63, 3.8) is 0 Å². The molecule has 172 valence electrons. The first-order chi connectivity index (χ1) is 16.3. The second-order valence-corrected chi connectivity index (χ2v) is 8.65. The lowest BCUT2D eigenvalue weighted by Crippen LogP contribution is -2.13. The van der Waals surface area contributed by atoms with Crippen LogP contribution in [-0.2, 0) is 16.1 Å². The van der Waals surface area contributed by atoms with Crippen molar-refractivity contribution in [1.82, 2.24) is 0 Å². The van der Waals surface area contributed by atoms with Gasteiger partial charge in [-0.3, -0.25) is 4.79 Å². The Bertz CT molecular complexity index is 1300. The molecule has 0 radical (unpaired) electrons. The predicted molar refractivity (Wildman–Crippen MR) is 133 cm³/mol. The summed E-state index contributed by atoms with van der Waals surface area (Å²) in [6.07, 6.45) is 1.38. The molecule has 0 aromatic heterocycles. The van der Waals surface area contributed by atoms with Crippen molar-refractivity contribution in [2.24, 2.45) is 0 Å². The minimum absolute atomic E-state index is 0.0472. The molecule has 1 amide bonds. The zero-order valence-electron chi connectivity index (χ0n) is 17.8. The molecule has 9 heteroatoms. The highest BCUT2D eigenvalue weighted by Gasteiger charge is 2.15. The Morgan fingerprint density at radius 3 is 2.47 bits per heavy atom. The zero-order valence-corrected chi connectivity index (χ0v) is 20.9. The number of anilines is 1. The minimum Gasteiger partial charge on any atom is -0.487 e. The first-order valence-corrected chi connectivity index (χ1v) is 11.4. The first-order valence-electron chi connectivity index (χ1n) is 9.79. The maximum atomic E-state index is 14.0. The molecular weight excluding hydrogens is 571 g/mol. The lowest BCUT2D eigenvalue weighted by molar-refractivity contribution is -0.112. The maximum Gasteiger partial charge on any atom is 0.337 e. The Hall–Kier alpha value is -3.48. The highest BCUT2D eigenvalue weighted by atomic mass is 79.9. The average molecular weight is 588 g/mol. The van der Waals surface area contributed by atoms with Gasteiger partial charge in [0.2, 0.25) is 0 Å². The third-order valence-electron chi connectivity index (χ3n) is 4.60. The van der Waals surface area contributed by atoms with E-state index >= 15 is 0 Å². The summed E-state index contributed by atoms with van der Waals surface area (Å²) >= 11 is 6.80. The van der Waals surface area contributed by atoms with Gasteiger partial charge in [0.25, 0.3) is 5.91 Å². The summed E-state index contributed by atoms with van der Waals surface area (Å²) in [6, 6.07) is 17.6. The van der Waals surface area contributed by atoms with Crippen LogP contribution < -0.4 is 10.1 Å². The number of nitrogens with zero attached hydrogens (tertiary/aromatic N) is 1. The molecule has 0 aliphatic rings. The van der Waals surface area contributed by atoms with E-state index in [0.29, 0.717) is 37.1 Å². The second kappa shape index (κ2) is 11.6. The topological polar surface area (TPSA) is 88.4 Å². The molecule has 0 aliphatic heterocycles. The zero-order chi connectivity index (χ0) is 24.7. The molecule has 0 bridgehead atoms. The van der Waals surface area contributed by atoms with Gasteiger partial charge in [-0.1, -0.05) is 34.1 Å². The van der Waals surface area contributed by atoms with Crippen LogP contribution in [0.4, 0.5) is 10.1 Å². The summed E-state index contributed by atoms with van der Waals surface area (Å²) in [4.78, 5) is 24.3. The molecule has 1 N–H and O–H groups in total. The van der Waals surface area contributed by atoms with Crippen LogP contribution in [0.3, 0.4) is 0 Å². The lowest BCUT2D eigenvalue weighted by atomic mass is 10.1. The highest BCUT2D eigenvalue weighted by Crippen LogP contribution is 2.35. The minimum atomic E-state index is -0.649. The number of esters is 1. The van der Waals surface area contributed by atoms with Gasteiger partial charge in [-0.15, -0.1) is 0 Å². The Morgan fingerprint density at radius 2 is 1.82 bits per heavy atom. The maximum absolute atomic E-state index is 14.0. The van der Waals surface area contributed by atoms with Gasteiger partial charge in [-0.2, -0.15) is 5.26 Å². The van der Waals surface area contributed by atoms with Gasteiger partial charge < -0.3 is 14.8 Å². The van der Waals surface area contributed by atoms with Crippen LogP contribution in [0.15, 0.2) is 75.2 Å². The van der Waals surface area contributed by atoms with E-state index in [2.05, 4.69) is 41.9 Å². The van der Waals surface area contributed by atoms with E-state index in [1.54, 1.807) is 30.3 Å². The molecule has 34 heavy (non-hydrogen) atoms. The third-order valence-corrected chi connectivity index (χ3v) is 5.64. The molecule has 0 saturated carbocycles. The molecule has 0 fully saturated rings. The smallest absolute Gasteiger partial charge is 0.337 e. The second-order valence-electron chi connectivity index (χ2n) is 6.88. The number of rotatable bonds is 7. The van der Waals surface area contributed by atoms with Gasteiger partial charge in [-0.25, -0.2) is 9.18 Å². The van der Waals surface area contributed by atoms with Crippen molar-refractivity contribution in [3.8, 4) is 11.8 Å². The molecule has 0 aliphatic carbocycles. The number of nitrogens with one attached hydrogen (secondary N) is 1. The molecule has 3 aromatic carbocycles. The number of benzene rings is 3. The van der Waals surface area contributed by atoms with E-state index < -0.39 is 17.7 Å². The van der Waals surface area contributed by atoms with Crippen LogP contribution in [0, 0.1) is 17.1 Å². The van der Waals surface area contributed by atoms with Crippen molar-refractivity contribution in [1.29, 1.82) is 5.26 Å². The Balaban J connectivity index is 1.85. The van der Waals surface area contributed by atoms with Gasteiger partial charge >= 0.3 is 5.97 Å². The first kappa shape index (κ1) is 25.1. The van der Waals surface area contributed by atoms with Crippen LogP contribution in [0.2, 0.25) is 0 Å². The number of hydrogen-bond acceptors (Lipinski definition) is 5. The largest absolute Gasteiger partial charge is 0.487 e. The molecule has 0 heterocycles. The quantitative estimate of drug-likeness (QED) is 0.200. The number of carbonyl (C=O) groups excluding carboxylic acids is 2. The summed E-state index contributed by atoms with van der Waals surface area (Å²) in [5.74, 6) is -1.21. The summed E-state index contributed by atoms with van der Waals surface area (Å²) < 4.78 is 25.7. The van der Waals surface area contributed by atoms with Gasteiger partial charge in [0.1, 0.15) is 29.8 Å². The standard InChI is InChI=1S/C25H17Br2FN2O4/c1-33-25(32)15-6-8-20(9-7-15)30-24(31)18(13-29)10-17-11-19(26)12-21(27)23(17)34-14-16-4-2-3-5-22(16)28/h2-12H,14H2,1H3,(H,30,31)/b18-10+. The van der Waals surface area contributed by atoms with E-state index in [9.17, 15) is 19.2 Å². The number of ether oxygens (including phenoxy) is 2. The molecule has 3 aromatic rings. The van der Waals surface area contributed by atoms with E-state index in [1.165, 1.54) is 43.5 Å². The van der Waals surface area contributed by atoms with Gasteiger partial charge in [-0.05, 0) is 64.5 Å². The highest BCUT2D eigenvalue weighted by molar-refractivity contribution is 9.11. The fourth-order valence-corrected chi connectivity index (χ4v) is 4.29. The van der Waals surface area contributed by atoms with E-state index in [-0.39, 0.29) is 12.2 Å². The number of halogens is 3. The van der Waals surface area contributed by atoms with Crippen LogP contribution in [0.5, 0.6) is 5.75 Å². The van der Waals surface area contributed by atoms with Crippen LogP contribution in [-0.4, -0.2) is 19.0 Å². The van der Waals surface area contributed by atoms with Crippen LogP contribution in [0.25, 0.3) is 6.08 Å². The Morgan fingerprint density at radius 1 is 1.12 bits per heavy atom. The molecule has 0 saturated heterocycles. The normalized spacial score (nSPS) is 10.9. The molecule has 3 rings (SSSR count). The number of amides is 1. The average Bonchev–Trinajstić information content (AvgIpc) is 2.82. The number of nitriles is 1. The molecule has 0 spiro atoms. The Labute approximate surface area is 212 Å². The van der Waals surface area contributed by atoms with E-state index in [4.69, 9.17) is 4.74 Å². The number of hydrogen-bond donors (Lipinski definition) is 1. The van der Waals surface area contributed by atoms with Gasteiger partial charge in [0, 0.05) is 21.3 Å². The number of carbonyl (C=O) groups is 2. The van der Waals surface area contributed by atoms with Crippen molar-refractivity contribution < 1.29 is 23.5 Å². The van der Waals surface area contributed by atoms with Gasteiger partial charge in [0.15, 0.2) is 0 Å². The predicted octanol–water partition coefficient (Wildman–Crippen LogP) is 6.26. The SMILES string of the molecule is COC(=O)c1ccc(NC(=O)/C(C#N)=C/c2cc(Br)cc(Br)c2OCc2ccccc2F)cc1. The van der Waals surface area contributed by atoms with E-state index in [1.807, 2.05) is 6.07 Å². The van der Waals surface area contributed by atoms with Crippen molar-refractivity contribution in [2.75, 3.05) is 12.4 Å². The summed E-state index contributed by atoms with van der Waals surface area (Å²) in [5.41, 5.74) is 1.33. The Kier molecular flexibility index (Phi) is 8.57. The van der Waals surface area contributed by atoms with E-state index in [0.717, 1.165) is 0 Å². The fraction of sp³-hybridized carbons (Fsp3) is 0.0800. The molecular formula is C25H17Br2FN2O4. The molecule has 6 nitrogen and oxygen atoms in total. The summed E-state index contributed by atoms with van der Waals surface area (Å²) in [7, 11) is 1.27. The lowest BCUT2D eigenvalue weighted by Gasteiger charge is -2.13. The monoisotopic (exact) mass is 586 g/mol. The van der Waals surface area contributed by atoms with Crippen molar-refractivity contribution in [2.45, 2.75) is 6.61 Å². The summed E-state index contributed by atoms with van der Waals surface area (Å²) in [5, 5.41) is 12.2. The molecule has 0 atom stereocenters. The van der Waals surface area contributed by atoms with Crippen molar-refractivity contribution in [3.05, 3.63) is 97.7 Å². The van der Waals surface area contributed by atoms with Crippen LogP contribution in [0.1, 0.15) is 21.5 Å². The van der Waals surface area contributed by atoms with Crippen LogP contribution >= 0.6 is 31.9 Å². The molecule has 0 unspecified atom stereocenters.